The van der Waals surface area contributed by atoms with Gasteiger partial charge >= 0.3 is 23.5 Å². The highest BCUT2D eigenvalue weighted by Crippen LogP contribution is 2.61. The van der Waals surface area contributed by atoms with Crippen molar-refractivity contribution in [3.05, 3.63) is 23.9 Å². The van der Waals surface area contributed by atoms with E-state index >= 15 is 0 Å². The molecule has 2 aliphatic rings. The number of thioether (sulfide) groups is 1. The van der Waals surface area contributed by atoms with Crippen LogP contribution in [-0.2, 0) is 55.5 Å². The summed E-state index contributed by atoms with van der Waals surface area (Å²) in [5.74, 6) is -1.45. The molecule has 0 bridgehead atoms. The molecular weight excluding hydrogens is 861 g/mol. The van der Waals surface area contributed by atoms with E-state index in [2.05, 4.69) is 34.4 Å². The van der Waals surface area contributed by atoms with Crippen molar-refractivity contribution in [2.75, 3.05) is 37.8 Å². The molecule has 1 saturated heterocycles. The number of rotatable bonds is 20. The lowest BCUT2D eigenvalue weighted by atomic mass is 9.87. The summed E-state index contributed by atoms with van der Waals surface area (Å²) in [6.07, 6.45) is -6.48. The molecule has 0 aromatic carbocycles. The first kappa shape index (κ1) is 47.4. The van der Waals surface area contributed by atoms with Crippen LogP contribution in [0.5, 0.6) is 0 Å². The van der Waals surface area contributed by atoms with E-state index in [0.29, 0.717) is 12.1 Å². The van der Waals surface area contributed by atoms with Crippen molar-refractivity contribution in [3.8, 4) is 0 Å². The van der Waals surface area contributed by atoms with Crippen LogP contribution in [-0.4, -0.2) is 128 Å². The maximum atomic E-state index is 12.7. The highest BCUT2D eigenvalue weighted by Gasteiger charge is 2.50. The minimum Gasteiger partial charge on any atom is -0.402 e. The van der Waals surface area contributed by atoms with E-state index in [4.69, 9.17) is 25.3 Å². The number of ketones is 1. The van der Waals surface area contributed by atoms with Crippen LogP contribution in [0.3, 0.4) is 0 Å². The largest absolute Gasteiger partial charge is 0.481 e. The van der Waals surface area contributed by atoms with E-state index in [1.54, 1.807) is 0 Å². The number of allylic oxidation sites excluding steroid dienone is 1. The average Bonchev–Trinajstić information content (AvgIpc) is 3.69. The van der Waals surface area contributed by atoms with E-state index in [0.717, 1.165) is 29.0 Å². The number of carbonyl (C=O) groups excluding carboxylic acids is 4. The third kappa shape index (κ3) is 13.1. The Morgan fingerprint density at radius 3 is 2.43 bits per heavy atom. The van der Waals surface area contributed by atoms with Crippen LogP contribution < -0.4 is 22.1 Å². The number of hydrogen-bond acceptors (Lipinski definition) is 20. The summed E-state index contributed by atoms with van der Waals surface area (Å²) < 4.78 is 62.1. The highest BCUT2D eigenvalue weighted by molar-refractivity contribution is 8.14. The number of aliphatic hydroxyl groups is 2. The van der Waals surface area contributed by atoms with Gasteiger partial charge in [-0.1, -0.05) is 25.6 Å². The van der Waals surface area contributed by atoms with Gasteiger partial charge in [0.1, 0.15) is 42.0 Å². The molecule has 2 aromatic rings. The van der Waals surface area contributed by atoms with Gasteiger partial charge in [-0.15, -0.1) is 0 Å². The van der Waals surface area contributed by atoms with Crippen molar-refractivity contribution in [3.63, 3.8) is 0 Å². The lowest BCUT2D eigenvalue weighted by Gasteiger charge is -2.30. The van der Waals surface area contributed by atoms with Gasteiger partial charge in [-0.3, -0.25) is 37.3 Å². The molecule has 0 spiro atoms. The maximum Gasteiger partial charge on any atom is 0.481 e. The zero-order chi connectivity index (χ0) is 43.2. The second-order valence-electron chi connectivity index (χ2n) is 13.4. The third-order valence-corrected chi connectivity index (χ3v) is 12.4. The van der Waals surface area contributed by atoms with Gasteiger partial charge in [-0.25, -0.2) is 28.6 Å². The lowest BCUT2D eigenvalue weighted by Crippen LogP contribution is -2.46. The summed E-state index contributed by atoms with van der Waals surface area (Å²) in [6.45, 7) is 0.255. The van der Waals surface area contributed by atoms with Crippen LogP contribution in [0.15, 0.2) is 23.9 Å². The Morgan fingerprint density at radius 1 is 1.05 bits per heavy atom. The standard InChI is InChI=1S/C28H43N8O18P3S/c1-28(2,22(40)25(41)32-6-5-18(38)31-7-8-58-27(42)15-9-14(37)3-4-16(15)29)11-51-57(48,49)54-56(46,47)50-10-17-21(53-55(43,44)45)20(39)26(52-17)36-13-35-19-23(30)33-12-34-24(19)36/h12-13,17,20-22,26,39-40H,3-11,29H2,1-2H3,(H,31,38)(H,32,41)(H,46,47)(H,48,49)(H2,30,33,34)(H2,43,44,45)/t17-,20-,21-,22+,26-/m1/s1. The normalized spacial score (nSPS) is 23.0. The SMILES string of the molecule is CC(C)(COP(=O)(O)OP(=O)(O)OC[C@H]1O[C@@H](n2cnc3c(N)ncnc32)[C@H](O)[C@@H]1OP(=O)(O)O)[C@@H](O)C(=O)NCCC(=O)NCCSC(=O)C1=C(N)CCC(=O)C1. The molecule has 7 atom stereocenters. The monoisotopic (exact) mass is 904 g/mol. The number of nitrogens with zero attached hydrogens (tertiary/aromatic N) is 4. The molecule has 30 heteroatoms. The predicted octanol–water partition coefficient (Wildman–Crippen LogP) is -1.37. The Morgan fingerprint density at radius 2 is 1.74 bits per heavy atom. The number of fused-ring (bicyclic) bond motifs is 1. The number of phosphoric acid groups is 3. The molecule has 4 rings (SSSR count). The topological polar surface area (TPSA) is 407 Å². The molecule has 3 heterocycles. The summed E-state index contributed by atoms with van der Waals surface area (Å²) >= 11 is 0.892. The molecule has 0 radical (unpaired) electrons. The molecule has 26 nitrogen and oxygen atoms in total. The van der Waals surface area contributed by atoms with Crippen LogP contribution >= 0.6 is 35.2 Å². The predicted molar refractivity (Wildman–Crippen MR) is 197 cm³/mol. The van der Waals surface area contributed by atoms with Gasteiger partial charge in [0.15, 0.2) is 17.7 Å². The Bertz CT molecular complexity index is 2050. The van der Waals surface area contributed by atoms with Crippen LogP contribution in [0.25, 0.3) is 11.2 Å². The quantitative estimate of drug-likeness (QED) is 0.0541. The number of imidazole rings is 1. The van der Waals surface area contributed by atoms with Gasteiger partial charge < -0.3 is 56.6 Å². The molecule has 2 aromatic heterocycles. The summed E-state index contributed by atoms with van der Waals surface area (Å²) in [4.78, 5) is 99.7. The number of Topliss-reactive ketones (excluding diaryl/α,β-unsaturated/α-hetero) is 1. The third-order valence-electron chi connectivity index (χ3n) is 8.42. The molecule has 2 amide bonds. The minimum absolute atomic E-state index is 0.0222. The fourth-order valence-electron chi connectivity index (χ4n) is 5.39. The van der Waals surface area contributed by atoms with Gasteiger partial charge in [0.25, 0.3) is 0 Å². The number of ether oxygens (including phenoxy) is 1. The second-order valence-corrected chi connectivity index (χ2v) is 18.7. The smallest absolute Gasteiger partial charge is 0.402 e. The fourth-order valence-corrected chi connectivity index (χ4v) is 8.98. The van der Waals surface area contributed by atoms with Crippen LogP contribution in [0.2, 0.25) is 0 Å². The minimum atomic E-state index is -5.59. The molecule has 2 unspecified atom stereocenters. The van der Waals surface area contributed by atoms with Crippen molar-refractivity contribution in [2.24, 2.45) is 11.1 Å². The Balaban J connectivity index is 1.22. The van der Waals surface area contributed by atoms with E-state index in [9.17, 15) is 62.7 Å². The number of aliphatic hydroxyl groups excluding tert-OH is 2. The molecule has 1 aliphatic carbocycles. The van der Waals surface area contributed by atoms with Crippen LogP contribution in [0.4, 0.5) is 5.82 Å². The molecule has 324 valence electrons. The number of anilines is 1. The first-order valence-electron chi connectivity index (χ1n) is 16.9. The molecular formula is C28H43N8O18P3S. The van der Waals surface area contributed by atoms with Gasteiger partial charge in [-0.2, -0.15) is 4.31 Å². The number of aromatic nitrogens is 4. The number of hydrogen-bond donors (Lipinski definition) is 10. The number of nitrogens with two attached hydrogens (primary N) is 2. The Hall–Kier alpha value is -3.23. The van der Waals surface area contributed by atoms with Crippen LogP contribution in [0.1, 0.15) is 45.8 Å². The number of nitrogen functional groups attached to an aromatic ring is 1. The first-order chi connectivity index (χ1) is 26.9. The maximum absolute atomic E-state index is 12.7. The number of phosphoric ester groups is 3. The Labute approximate surface area is 332 Å². The van der Waals surface area contributed by atoms with Gasteiger partial charge in [0.05, 0.1) is 19.5 Å². The summed E-state index contributed by atoms with van der Waals surface area (Å²) in [6, 6.07) is 0. The van der Waals surface area contributed by atoms with Crippen molar-refractivity contribution in [1.29, 1.82) is 0 Å². The summed E-state index contributed by atoms with van der Waals surface area (Å²) in [5.41, 5.74) is 10.7. The molecule has 58 heavy (non-hydrogen) atoms. The van der Waals surface area contributed by atoms with Gasteiger partial charge in [0, 0.05) is 54.8 Å². The number of carbonyl (C=O) groups is 4. The summed E-state index contributed by atoms with van der Waals surface area (Å²) in [7, 11) is -16.4. The fraction of sp³-hybridized carbons (Fsp3) is 0.607. The van der Waals surface area contributed by atoms with E-state index in [1.165, 1.54) is 13.8 Å². The molecule has 1 aliphatic heterocycles. The van der Waals surface area contributed by atoms with Gasteiger partial charge in [0.2, 0.25) is 16.9 Å². The molecule has 0 saturated carbocycles. The molecule has 12 N–H and O–H groups in total. The first-order valence-corrected chi connectivity index (χ1v) is 22.5. The highest BCUT2D eigenvalue weighted by atomic mass is 32.2. The summed E-state index contributed by atoms with van der Waals surface area (Å²) in [5, 5.41) is 26.0. The van der Waals surface area contributed by atoms with E-state index < -0.39 is 84.6 Å². The lowest BCUT2D eigenvalue weighted by molar-refractivity contribution is -0.137. The van der Waals surface area contributed by atoms with Crippen molar-refractivity contribution in [2.45, 2.75) is 70.2 Å². The molecule has 1 fully saturated rings. The van der Waals surface area contributed by atoms with Crippen LogP contribution in [0, 0.1) is 5.41 Å². The average molecular weight is 905 g/mol. The second kappa shape index (κ2) is 19.4. The Kier molecular flexibility index (Phi) is 15.9. The zero-order valence-electron chi connectivity index (χ0n) is 30.7. The van der Waals surface area contributed by atoms with E-state index in [-0.39, 0.29) is 71.6 Å². The van der Waals surface area contributed by atoms with Gasteiger partial charge in [-0.05, 0) is 6.42 Å². The zero-order valence-corrected chi connectivity index (χ0v) is 34.2. The van der Waals surface area contributed by atoms with E-state index in [1.807, 2.05) is 0 Å². The van der Waals surface area contributed by atoms with Crippen molar-refractivity contribution < 1.29 is 85.3 Å². The van der Waals surface area contributed by atoms with Crippen molar-refractivity contribution >= 4 is 74.9 Å². The number of nitrogens with one attached hydrogen (secondary N) is 2. The van der Waals surface area contributed by atoms with Crippen molar-refractivity contribution in [1.82, 2.24) is 30.2 Å². The number of amides is 2.